The maximum absolute atomic E-state index is 10.8. The van der Waals surface area contributed by atoms with Gasteiger partial charge in [0.2, 0.25) is 0 Å². The predicted octanol–water partition coefficient (Wildman–Crippen LogP) is 1.18. The number of hydrogen-bond donors (Lipinski definition) is 1. The molecule has 1 aromatic carbocycles. The first-order chi connectivity index (χ1) is 9.72. The number of nitrogens with zero attached hydrogens (tertiary/aromatic N) is 1. The number of nitrogens with one attached hydrogen (secondary N) is 1. The van der Waals surface area contributed by atoms with Gasteiger partial charge in [0.05, 0.1) is 13.7 Å². The highest BCUT2D eigenvalue weighted by Crippen LogP contribution is 2.27. The number of carbonyl (C=O) groups excluding carboxylic acids is 1. The van der Waals surface area contributed by atoms with Gasteiger partial charge in [-0.25, -0.2) is 0 Å². The van der Waals surface area contributed by atoms with Crippen LogP contribution >= 0.6 is 0 Å². The second-order valence-electron chi connectivity index (χ2n) is 5.08. The second-order valence-corrected chi connectivity index (χ2v) is 5.08. The Bertz CT molecular complexity index is 451. The van der Waals surface area contributed by atoms with Crippen molar-refractivity contribution in [2.45, 2.75) is 12.5 Å². The lowest BCUT2D eigenvalue weighted by atomic mass is 10.1. The van der Waals surface area contributed by atoms with E-state index in [1.807, 2.05) is 0 Å². The fraction of sp³-hybridized carbons (Fsp3) is 0.533. The van der Waals surface area contributed by atoms with Gasteiger partial charge < -0.3 is 19.7 Å². The van der Waals surface area contributed by atoms with Gasteiger partial charge in [-0.15, -0.1) is 0 Å². The number of ether oxygens (including phenoxy) is 2. The van der Waals surface area contributed by atoms with E-state index in [9.17, 15) is 4.79 Å². The zero-order chi connectivity index (χ0) is 14.4. The Morgan fingerprint density at radius 2 is 2.30 bits per heavy atom. The minimum atomic E-state index is 0.453. The number of hydrogen-bond acceptors (Lipinski definition) is 5. The van der Waals surface area contributed by atoms with E-state index in [0.717, 1.165) is 32.3 Å². The lowest BCUT2D eigenvalue weighted by Crippen LogP contribution is -2.49. The highest BCUT2D eigenvalue weighted by Gasteiger charge is 2.16. The third-order valence-corrected chi connectivity index (χ3v) is 3.51. The van der Waals surface area contributed by atoms with Gasteiger partial charge in [-0.1, -0.05) is 0 Å². The van der Waals surface area contributed by atoms with E-state index < -0.39 is 0 Å². The number of methoxy groups -OCH3 is 1. The monoisotopic (exact) mass is 278 g/mol. The summed E-state index contributed by atoms with van der Waals surface area (Å²) < 4.78 is 11.0. The molecule has 0 spiro atoms. The van der Waals surface area contributed by atoms with E-state index in [-0.39, 0.29) is 0 Å². The van der Waals surface area contributed by atoms with Crippen LogP contribution in [0.25, 0.3) is 0 Å². The first-order valence-electron chi connectivity index (χ1n) is 6.91. The summed E-state index contributed by atoms with van der Waals surface area (Å²) in [4.78, 5) is 13.1. The zero-order valence-electron chi connectivity index (χ0n) is 12.1. The summed E-state index contributed by atoms with van der Waals surface area (Å²) in [6.07, 6.45) is 1.74. The van der Waals surface area contributed by atoms with Gasteiger partial charge in [-0.2, -0.15) is 0 Å². The van der Waals surface area contributed by atoms with E-state index in [2.05, 4.69) is 17.3 Å². The molecule has 0 radical (unpaired) electrons. The average Bonchev–Trinajstić information content (AvgIpc) is 2.47. The molecular weight excluding hydrogens is 256 g/mol. The van der Waals surface area contributed by atoms with Gasteiger partial charge in [0, 0.05) is 31.2 Å². The molecular formula is C15H22N2O3. The number of likely N-dealkylation sites (N-methyl/N-ethyl adjacent to an activating group) is 1. The molecule has 1 N–H and O–H groups in total. The van der Waals surface area contributed by atoms with Crippen molar-refractivity contribution in [2.75, 3.05) is 40.4 Å². The fourth-order valence-electron chi connectivity index (χ4n) is 2.38. The number of aldehydes is 1. The highest BCUT2D eigenvalue weighted by molar-refractivity contribution is 5.76. The van der Waals surface area contributed by atoms with Gasteiger partial charge in [0.25, 0.3) is 0 Å². The van der Waals surface area contributed by atoms with Crippen molar-refractivity contribution in [3.05, 3.63) is 23.8 Å². The van der Waals surface area contributed by atoms with Crippen LogP contribution < -0.4 is 14.8 Å². The minimum Gasteiger partial charge on any atom is -0.493 e. The van der Waals surface area contributed by atoms with Crippen LogP contribution in [-0.4, -0.2) is 57.6 Å². The first kappa shape index (κ1) is 14.8. The molecule has 1 atom stereocenters. The van der Waals surface area contributed by atoms with E-state index in [1.165, 1.54) is 0 Å². The molecule has 0 aliphatic carbocycles. The van der Waals surface area contributed by atoms with Crippen LogP contribution in [0.3, 0.4) is 0 Å². The lowest BCUT2D eigenvalue weighted by Gasteiger charge is -2.30. The maximum Gasteiger partial charge on any atom is 0.161 e. The summed E-state index contributed by atoms with van der Waals surface area (Å²) in [5, 5.41) is 3.48. The number of piperazine rings is 1. The molecule has 2 rings (SSSR count). The van der Waals surface area contributed by atoms with Crippen LogP contribution in [0.4, 0.5) is 0 Å². The van der Waals surface area contributed by atoms with E-state index in [1.54, 1.807) is 25.3 Å². The summed E-state index contributed by atoms with van der Waals surface area (Å²) in [6, 6.07) is 5.64. The van der Waals surface area contributed by atoms with Crippen molar-refractivity contribution in [1.29, 1.82) is 0 Å². The molecule has 110 valence electrons. The van der Waals surface area contributed by atoms with Crippen molar-refractivity contribution < 1.29 is 14.3 Å². The molecule has 0 aromatic heterocycles. The molecule has 0 amide bonds. The van der Waals surface area contributed by atoms with Gasteiger partial charge in [0.15, 0.2) is 11.5 Å². The fourth-order valence-corrected chi connectivity index (χ4v) is 2.38. The van der Waals surface area contributed by atoms with E-state index in [4.69, 9.17) is 9.47 Å². The smallest absolute Gasteiger partial charge is 0.161 e. The Morgan fingerprint density at radius 1 is 1.45 bits per heavy atom. The molecule has 1 fully saturated rings. The highest BCUT2D eigenvalue weighted by atomic mass is 16.5. The molecule has 1 aromatic rings. The molecule has 1 heterocycles. The molecule has 5 heteroatoms. The van der Waals surface area contributed by atoms with Gasteiger partial charge >= 0.3 is 0 Å². The largest absolute Gasteiger partial charge is 0.493 e. The third-order valence-electron chi connectivity index (χ3n) is 3.51. The summed E-state index contributed by atoms with van der Waals surface area (Å²) in [5.74, 6) is 1.28. The lowest BCUT2D eigenvalue weighted by molar-refractivity contribution is 0.112. The Balaban J connectivity index is 1.88. The van der Waals surface area contributed by atoms with Crippen molar-refractivity contribution in [1.82, 2.24) is 10.2 Å². The first-order valence-corrected chi connectivity index (χ1v) is 6.91. The quantitative estimate of drug-likeness (QED) is 0.792. The SMILES string of the molecule is COc1ccc(C=O)cc1OCCC1CN(C)CCN1. The summed E-state index contributed by atoms with van der Waals surface area (Å²) in [5.41, 5.74) is 0.594. The van der Waals surface area contributed by atoms with Crippen LogP contribution in [0.2, 0.25) is 0 Å². The molecule has 20 heavy (non-hydrogen) atoms. The molecule has 1 unspecified atom stereocenters. The topological polar surface area (TPSA) is 50.8 Å². The van der Waals surface area contributed by atoms with Crippen LogP contribution in [0.15, 0.2) is 18.2 Å². The molecule has 1 aliphatic rings. The van der Waals surface area contributed by atoms with Crippen LogP contribution in [0.1, 0.15) is 16.8 Å². The Kier molecular flexibility index (Phi) is 5.38. The maximum atomic E-state index is 10.8. The zero-order valence-corrected chi connectivity index (χ0v) is 12.1. The van der Waals surface area contributed by atoms with E-state index >= 15 is 0 Å². The molecule has 0 bridgehead atoms. The van der Waals surface area contributed by atoms with Gasteiger partial charge in [0.1, 0.15) is 6.29 Å². The minimum absolute atomic E-state index is 0.453. The van der Waals surface area contributed by atoms with Crippen molar-refractivity contribution in [3.63, 3.8) is 0 Å². The Morgan fingerprint density at radius 3 is 3.00 bits per heavy atom. The summed E-state index contributed by atoms with van der Waals surface area (Å²) in [6.45, 7) is 3.75. The summed E-state index contributed by atoms with van der Waals surface area (Å²) >= 11 is 0. The number of carbonyl (C=O) groups is 1. The molecule has 0 saturated carbocycles. The normalized spacial score (nSPS) is 19.6. The summed E-state index contributed by atoms with van der Waals surface area (Å²) in [7, 11) is 3.73. The Hall–Kier alpha value is -1.59. The van der Waals surface area contributed by atoms with Crippen molar-refractivity contribution >= 4 is 6.29 Å². The van der Waals surface area contributed by atoms with Gasteiger partial charge in [-0.3, -0.25) is 4.79 Å². The average molecular weight is 278 g/mol. The van der Waals surface area contributed by atoms with Crippen LogP contribution in [-0.2, 0) is 0 Å². The van der Waals surface area contributed by atoms with Crippen molar-refractivity contribution in [2.24, 2.45) is 0 Å². The Labute approximate surface area is 119 Å². The van der Waals surface area contributed by atoms with E-state index in [0.29, 0.717) is 29.7 Å². The van der Waals surface area contributed by atoms with Crippen molar-refractivity contribution in [3.8, 4) is 11.5 Å². The molecule has 1 aliphatic heterocycles. The van der Waals surface area contributed by atoms with Crippen LogP contribution in [0, 0.1) is 0 Å². The molecule has 5 nitrogen and oxygen atoms in total. The molecule has 1 saturated heterocycles. The third kappa shape index (κ3) is 3.95. The number of rotatable bonds is 6. The van der Waals surface area contributed by atoms with Gasteiger partial charge in [-0.05, 0) is 31.7 Å². The standard InChI is InChI=1S/C15H22N2O3/c1-17-7-6-16-13(10-17)5-8-20-15-9-12(11-18)3-4-14(15)19-2/h3-4,9,11,13,16H,5-8,10H2,1-2H3. The van der Waals surface area contributed by atoms with Crippen LogP contribution in [0.5, 0.6) is 11.5 Å². The second kappa shape index (κ2) is 7.26. The predicted molar refractivity (Wildman–Crippen MR) is 77.8 cm³/mol. The number of benzene rings is 1.